The lowest BCUT2D eigenvalue weighted by Gasteiger charge is -2.21. The molecule has 1 aromatic rings. The minimum absolute atomic E-state index is 0.00449. The third kappa shape index (κ3) is 3.18. The number of nitrogens with one attached hydrogen (secondary N) is 1. The smallest absolute Gasteiger partial charge is 0.321 e. The molecule has 1 atom stereocenters. The first kappa shape index (κ1) is 14.1. The summed E-state index contributed by atoms with van der Waals surface area (Å²) in [7, 11) is 1.66. The number of nitrogens with two attached hydrogens (primary N) is 1. The van der Waals surface area contributed by atoms with Gasteiger partial charge in [0.05, 0.1) is 12.6 Å². The molecule has 1 heterocycles. The van der Waals surface area contributed by atoms with E-state index in [0.29, 0.717) is 24.5 Å². The van der Waals surface area contributed by atoms with Gasteiger partial charge in [-0.25, -0.2) is 4.79 Å². The lowest BCUT2D eigenvalue weighted by molar-refractivity contribution is 0.189. The maximum atomic E-state index is 12.1. The Kier molecular flexibility index (Phi) is 4.41. The summed E-state index contributed by atoms with van der Waals surface area (Å²) in [6.07, 6.45) is 0.823. The molecule has 0 spiro atoms. The number of carbonyl (C=O) groups excluding carboxylic acids is 1. The average Bonchev–Trinajstić information content (AvgIpc) is 2.98. The van der Waals surface area contributed by atoms with E-state index in [9.17, 15) is 4.79 Å². The molecule has 1 aliphatic heterocycles. The summed E-state index contributed by atoms with van der Waals surface area (Å²) in [5, 5.41) is 14.5. The quantitative estimate of drug-likeness (QED) is 0.328. The number of hydrogen-bond acceptors (Lipinski definition) is 4. The van der Waals surface area contributed by atoms with Crippen LogP contribution < -0.4 is 16.0 Å². The van der Waals surface area contributed by atoms with Gasteiger partial charge in [-0.15, -0.1) is 0 Å². The minimum Gasteiger partial charge on any atom is -0.409 e. The van der Waals surface area contributed by atoms with Crippen molar-refractivity contribution in [3.05, 3.63) is 29.8 Å². The van der Waals surface area contributed by atoms with Gasteiger partial charge in [0.1, 0.15) is 0 Å². The van der Waals surface area contributed by atoms with Crippen LogP contribution in [0.3, 0.4) is 0 Å². The Hall–Kier alpha value is -2.28. The number of anilines is 1. The van der Waals surface area contributed by atoms with Crippen molar-refractivity contribution in [2.75, 3.05) is 25.2 Å². The van der Waals surface area contributed by atoms with E-state index < -0.39 is 0 Å². The van der Waals surface area contributed by atoms with Crippen LogP contribution in [0.2, 0.25) is 0 Å². The summed E-state index contributed by atoms with van der Waals surface area (Å²) >= 11 is 0. The van der Waals surface area contributed by atoms with Crippen LogP contribution in [0.15, 0.2) is 29.4 Å². The van der Waals surface area contributed by atoms with Gasteiger partial charge in [-0.3, -0.25) is 4.90 Å². The van der Waals surface area contributed by atoms with Gasteiger partial charge in [0.2, 0.25) is 0 Å². The zero-order valence-electron chi connectivity index (χ0n) is 11.2. The molecule has 1 aliphatic rings. The van der Waals surface area contributed by atoms with Gasteiger partial charge in [0.15, 0.2) is 5.84 Å². The number of hydrogen-bond donors (Lipinski definition) is 3. The largest absolute Gasteiger partial charge is 0.409 e. The fourth-order valence-corrected chi connectivity index (χ4v) is 1.97. The zero-order chi connectivity index (χ0) is 14.5. The van der Waals surface area contributed by atoms with Crippen molar-refractivity contribution in [2.45, 2.75) is 12.5 Å². The second kappa shape index (κ2) is 6.25. The molecule has 0 radical (unpaired) electrons. The van der Waals surface area contributed by atoms with E-state index in [4.69, 9.17) is 15.7 Å². The zero-order valence-corrected chi connectivity index (χ0v) is 11.2. The Labute approximate surface area is 117 Å². The summed E-state index contributed by atoms with van der Waals surface area (Å²) < 4.78 is 5.22. The van der Waals surface area contributed by atoms with E-state index in [0.717, 1.165) is 6.42 Å². The number of carbonyl (C=O) groups is 1. The van der Waals surface area contributed by atoms with Crippen LogP contribution in [0.25, 0.3) is 0 Å². The standard InChI is InChI=1S/C13H18N4O3/c1-17(13(18)15-10-5-6-20-8-10)11-4-2-3-9(7-11)12(14)16-19/h2-4,7,10,19H,5-6,8H2,1H3,(H2,14,16)(H,15,18). The first-order valence-electron chi connectivity index (χ1n) is 6.31. The third-order valence-electron chi connectivity index (χ3n) is 3.20. The topological polar surface area (TPSA) is 100 Å². The number of rotatable bonds is 3. The highest BCUT2D eigenvalue weighted by molar-refractivity contribution is 5.99. The van der Waals surface area contributed by atoms with Crippen LogP contribution in [0.1, 0.15) is 12.0 Å². The maximum absolute atomic E-state index is 12.1. The molecule has 0 aliphatic carbocycles. The Bertz CT molecular complexity index is 512. The predicted octanol–water partition coefficient (Wildman–Crippen LogP) is 0.716. The Balaban J connectivity index is 2.07. The van der Waals surface area contributed by atoms with Crippen LogP contribution >= 0.6 is 0 Å². The number of benzene rings is 1. The number of oxime groups is 1. The van der Waals surface area contributed by atoms with Crippen molar-refractivity contribution in [2.24, 2.45) is 10.9 Å². The highest BCUT2D eigenvalue weighted by Gasteiger charge is 2.20. The SMILES string of the molecule is CN(C(=O)NC1CCOC1)c1cccc(/C(N)=N/O)c1. The maximum Gasteiger partial charge on any atom is 0.321 e. The third-order valence-corrected chi connectivity index (χ3v) is 3.20. The molecule has 0 saturated carbocycles. The summed E-state index contributed by atoms with van der Waals surface area (Å²) in [6, 6.07) is 6.74. The van der Waals surface area contributed by atoms with Gasteiger partial charge in [0, 0.05) is 24.9 Å². The van der Waals surface area contributed by atoms with E-state index in [-0.39, 0.29) is 17.9 Å². The summed E-state index contributed by atoms with van der Waals surface area (Å²) in [6.45, 7) is 1.22. The molecular weight excluding hydrogens is 260 g/mol. The number of ether oxygens (including phenoxy) is 1. The van der Waals surface area contributed by atoms with Gasteiger partial charge in [-0.1, -0.05) is 17.3 Å². The molecule has 108 valence electrons. The molecule has 2 amide bonds. The van der Waals surface area contributed by atoms with Crippen molar-refractivity contribution >= 4 is 17.6 Å². The van der Waals surface area contributed by atoms with Crippen LogP contribution in [0.5, 0.6) is 0 Å². The van der Waals surface area contributed by atoms with Crippen molar-refractivity contribution in [1.82, 2.24) is 5.32 Å². The number of urea groups is 1. The van der Waals surface area contributed by atoms with Crippen LogP contribution in [0, 0.1) is 0 Å². The number of amides is 2. The lowest BCUT2D eigenvalue weighted by Crippen LogP contribution is -2.43. The molecule has 0 bridgehead atoms. The highest BCUT2D eigenvalue weighted by Crippen LogP contribution is 2.15. The Morgan fingerprint density at radius 3 is 3.05 bits per heavy atom. The van der Waals surface area contributed by atoms with Crippen molar-refractivity contribution < 1.29 is 14.7 Å². The minimum atomic E-state index is -0.211. The Morgan fingerprint density at radius 2 is 2.40 bits per heavy atom. The molecule has 2 rings (SSSR count). The van der Waals surface area contributed by atoms with Gasteiger partial charge >= 0.3 is 6.03 Å². The van der Waals surface area contributed by atoms with Crippen molar-refractivity contribution in [1.29, 1.82) is 0 Å². The molecule has 7 nitrogen and oxygen atoms in total. The van der Waals surface area contributed by atoms with E-state index >= 15 is 0 Å². The lowest BCUT2D eigenvalue weighted by atomic mass is 10.2. The molecule has 20 heavy (non-hydrogen) atoms. The fraction of sp³-hybridized carbons (Fsp3) is 0.385. The van der Waals surface area contributed by atoms with Crippen molar-refractivity contribution in [3.63, 3.8) is 0 Å². The summed E-state index contributed by atoms with van der Waals surface area (Å²) in [4.78, 5) is 13.6. The molecule has 1 fully saturated rings. The van der Waals surface area contributed by atoms with Crippen LogP contribution in [-0.2, 0) is 4.74 Å². The summed E-state index contributed by atoms with van der Waals surface area (Å²) in [5.41, 5.74) is 6.74. The normalized spacial score (nSPS) is 18.9. The molecule has 1 unspecified atom stereocenters. The molecule has 7 heteroatoms. The fourth-order valence-electron chi connectivity index (χ4n) is 1.97. The number of nitrogens with zero attached hydrogens (tertiary/aromatic N) is 2. The van der Waals surface area contributed by atoms with Gasteiger partial charge in [-0.05, 0) is 18.6 Å². The van der Waals surface area contributed by atoms with Gasteiger partial charge in [-0.2, -0.15) is 0 Å². The Morgan fingerprint density at radius 1 is 1.60 bits per heavy atom. The molecule has 4 N–H and O–H groups in total. The van der Waals surface area contributed by atoms with E-state index in [2.05, 4.69) is 10.5 Å². The van der Waals surface area contributed by atoms with Crippen LogP contribution in [0.4, 0.5) is 10.5 Å². The highest BCUT2D eigenvalue weighted by atomic mass is 16.5. The first-order chi connectivity index (χ1) is 9.61. The first-order valence-corrected chi connectivity index (χ1v) is 6.31. The van der Waals surface area contributed by atoms with Crippen molar-refractivity contribution in [3.8, 4) is 0 Å². The predicted molar refractivity (Wildman–Crippen MR) is 75.1 cm³/mol. The molecule has 1 saturated heterocycles. The van der Waals surface area contributed by atoms with Gasteiger partial charge in [0.25, 0.3) is 0 Å². The van der Waals surface area contributed by atoms with E-state index in [1.54, 1.807) is 31.3 Å². The molecule has 1 aromatic carbocycles. The molecule has 0 aromatic heterocycles. The number of amidine groups is 1. The molecular formula is C13H18N4O3. The van der Waals surface area contributed by atoms with Gasteiger partial charge < -0.3 is 21.0 Å². The summed E-state index contributed by atoms with van der Waals surface area (Å²) in [5.74, 6) is 0.00449. The average molecular weight is 278 g/mol. The van der Waals surface area contributed by atoms with Crippen LogP contribution in [-0.4, -0.2) is 43.4 Å². The van der Waals surface area contributed by atoms with E-state index in [1.165, 1.54) is 4.90 Å². The monoisotopic (exact) mass is 278 g/mol. The second-order valence-corrected chi connectivity index (χ2v) is 4.60. The second-order valence-electron chi connectivity index (χ2n) is 4.60. The van der Waals surface area contributed by atoms with E-state index in [1.807, 2.05) is 0 Å².